The van der Waals surface area contributed by atoms with E-state index in [4.69, 9.17) is 14.2 Å². The van der Waals surface area contributed by atoms with E-state index in [1.54, 1.807) is 24.3 Å². The molecule has 2 N–H and O–H groups in total. The molecule has 27 heavy (non-hydrogen) atoms. The number of benzene rings is 2. The number of carbonyl (C=O) groups is 2. The zero-order chi connectivity index (χ0) is 19.2. The summed E-state index contributed by atoms with van der Waals surface area (Å²) in [6.45, 7) is 0.441. The van der Waals surface area contributed by atoms with Crippen LogP contribution < -0.4 is 15.4 Å². The molecule has 1 heterocycles. The Morgan fingerprint density at radius 2 is 1.93 bits per heavy atom. The van der Waals surface area contributed by atoms with Crippen LogP contribution in [0.3, 0.4) is 0 Å². The van der Waals surface area contributed by atoms with Gasteiger partial charge in [-0.1, -0.05) is 6.07 Å². The van der Waals surface area contributed by atoms with Crippen molar-refractivity contribution in [2.45, 2.75) is 12.5 Å². The summed E-state index contributed by atoms with van der Waals surface area (Å²) in [5.41, 5.74) is 1.61. The summed E-state index contributed by atoms with van der Waals surface area (Å²) in [5, 5.41) is 5.29. The molecule has 3 rings (SSSR count). The minimum absolute atomic E-state index is 0.138. The molecular formula is C19H19FN2O5. The van der Waals surface area contributed by atoms with Crippen molar-refractivity contribution in [3.8, 4) is 5.75 Å². The zero-order valence-corrected chi connectivity index (χ0v) is 14.7. The predicted molar refractivity (Wildman–Crippen MR) is 96.4 cm³/mol. The lowest BCUT2D eigenvalue weighted by atomic mass is 10.1. The Hall–Kier alpha value is -3.13. The van der Waals surface area contributed by atoms with E-state index in [-0.39, 0.29) is 18.3 Å². The van der Waals surface area contributed by atoms with Gasteiger partial charge < -0.3 is 19.5 Å². The van der Waals surface area contributed by atoms with Gasteiger partial charge in [0.1, 0.15) is 18.2 Å². The largest absolute Gasteiger partial charge is 0.480 e. The Balaban J connectivity index is 1.56. The maximum atomic E-state index is 13.3. The molecule has 2 aromatic rings. The van der Waals surface area contributed by atoms with Gasteiger partial charge in [-0.25, -0.2) is 9.18 Å². The lowest BCUT2D eigenvalue weighted by Gasteiger charge is -2.12. The number of methoxy groups -OCH3 is 1. The summed E-state index contributed by atoms with van der Waals surface area (Å²) in [5.74, 6) is -0.216. The van der Waals surface area contributed by atoms with Crippen molar-refractivity contribution in [3.05, 3.63) is 53.8 Å². The highest BCUT2D eigenvalue weighted by atomic mass is 19.1. The van der Waals surface area contributed by atoms with E-state index in [0.29, 0.717) is 35.7 Å². The fourth-order valence-electron chi connectivity index (χ4n) is 2.63. The fraction of sp³-hybridized carbons (Fsp3) is 0.263. The van der Waals surface area contributed by atoms with Gasteiger partial charge in [-0.15, -0.1) is 0 Å². The molecule has 0 saturated carbocycles. The number of carbonyl (C=O) groups excluding carboxylic acids is 2. The summed E-state index contributed by atoms with van der Waals surface area (Å²) >= 11 is 0. The second-order valence-corrected chi connectivity index (χ2v) is 5.89. The third-order valence-corrected chi connectivity index (χ3v) is 3.89. The Morgan fingerprint density at radius 3 is 2.70 bits per heavy atom. The molecule has 0 saturated heterocycles. The summed E-state index contributed by atoms with van der Waals surface area (Å²) < 4.78 is 28.6. The first-order chi connectivity index (χ1) is 13.0. The molecular weight excluding hydrogens is 355 g/mol. The van der Waals surface area contributed by atoms with E-state index in [0.717, 1.165) is 0 Å². The molecule has 2 aromatic carbocycles. The minimum atomic E-state index is -0.738. The molecule has 1 aliphatic heterocycles. The Labute approximate surface area is 155 Å². The topological polar surface area (TPSA) is 85.9 Å². The number of halogens is 1. The molecule has 0 aromatic heterocycles. The van der Waals surface area contributed by atoms with Crippen molar-refractivity contribution >= 4 is 23.4 Å². The Morgan fingerprint density at radius 1 is 1.15 bits per heavy atom. The van der Waals surface area contributed by atoms with Crippen molar-refractivity contribution in [2.24, 2.45) is 0 Å². The number of hydrogen-bond acceptors (Lipinski definition) is 5. The maximum absolute atomic E-state index is 13.3. The highest BCUT2D eigenvalue weighted by Gasteiger charge is 2.29. The summed E-state index contributed by atoms with van der Waals surface area (Å²) in [6, 6.07) is 10.8. The Kier molecular flexibility index (Phi) is 5.87. The van der Waals surface area contributed by atoms with Crippen LogP contribution in [0.2, 0.25) is 0 Å². The van der Waals surface area contributed by atoms with Gasteiger partial charge in [-0.05, 0) is 36.4 Å². The van der Waals surface area contributed by atoms with Crippen LogP contribution in [0.25, 0.3) is 0 Å². The van der Waals surface area contributed by atoms with Gasteiger partial charge in [0.15, 0.2) is 6.10 Å². The van der Waals surface area contributed by atoms with Crippen LogP contribution in [0.15, 0.2) is 42.5 Å². The fourth-order valence-corrected chi connectivity index (χ4v) is 2.63. The van der Waals surface area contributed by atoms with Crippen molar-refractivity contribution in [1.82, 2.24) is 0 Å². The highest BCUT2D eigenvalue weighted by Crippen LogP contribution is 2.30. The van der Waals surface area contributed by atoms with E-state index >= 15 is 0 Å². The summed E-state index contributed by atoms with van der Waals surface area (Å²) in [4.78, 5) is 24.1. The zero-order valence-electron chi connectivity index (χ0n) is 14.7. The smallest absolute Gasteiger partial charge is 0.411 e. The van der Waals surface area contributed by atoms with Gasteiger partial charge in [0.2, 0.25) is 0 Å². The van der Waals surface area contributed by atoms with Crippen molar-refractivity contribution in [1.29, 1.82) is 0 Å². The van der Waals surface area contributed by atoms with E-state index in [1.165, 1.54) is 25.3 Å². The van der Waals surface area contributed by atoms with Crippen LogP contribution in [0.1, 0.15) is 5.56 Å². The molecule has 142 valence electrons. The van der Waals surface area contributed by atoms with Gasteiger partial charge >= 0.3 is 6.09 Å². The third-order valence-electron chi connectivity index (χ3n) is 3.89. The first-order valence-electron chi connectivity index (χ1n) is 8.34. The van der Waals surface area contributed by atoms with Gasteiger partial charge in [0.25, 0.3) is 5.91 Å². The molecule has 1 atom stereocenters. The average molecular weight is 374 g/mol. The van der Waals surface area contributed by atoms with Crippen LogP contribution in [-0.2, 0) is 20.7 Å². The molecule has 7 nitrogen and oxygen atoms in total. The monoisotopic (exact) mass is 374 g/mol. The molecule has 0 spiro atoms. The average Bonchev–Trinajstić information content (AvgIpc) is 3.05. The molecule has 8 heteroatoms. The Bertz CT molecular complexity index is 843. The first kappa shape index (κ1) is 18.7. The standard InChI is InChI=1S/C19H19FN2O5/c1-25-7-8-26-19(24)22-15-4-2-3-14(11-15)21-18(23)17-10-12-9-13(20)5-6-16(12)27-17/h2-6,9,11,17H,7-8,10H2,1H3,(H,21,23)(H,22,24)/t17-/m1/s1. The van der Waals surface area contributed by atoms with Crippen LogP contribution in [-0.4, -0.2) is 38.4 Å². The lowest BCUT2D eigenvalue weighted by Crippen LogP contribution is -2.31. The van der Waals surface area contributed by atoms with E-state index in [9.17, 15) is 14.0 Å². The number of ether oxygens (including phenoxy) is 3. The number of anilines is 2. The molecule has 0 radical (unpaired) electrons. The first-order valence-corrected chi connectivity index (χ1v) is 8.34. The van der Waals surface area contributed by atoms with Crippen LogP contribution in [0.5, 0.6) is 5.75 Å². The lowest BCUT2D eigenvalue weighted by molar-refractivity contribution is -0.122. The number of rotatable bonds is 6. The molecule has 0 bridgehead atoms. The molecule has 0 aliphatic carbocycles. The number of nitrogens with one attached hydrogen (secondary N) is 2. The second kappa shape index (κ2) is 8.50. The van der Waals surface area contributed by atoms with Gasteiger partial charge in [0.05, 0.1) is 6.61 Å². The molecule has 0 unspecified atom stereocenters. The van der Waals surface area contributed by atoms with Crippen molar-refractivity contribution in [3.63, 3.8) is 0 Å². The van der Waals surface area contributed by atoms with Gasteiger partial charge in [0, 0.05) is 30.5 Å². The normalized spacial score (nSPS) is 14.8. The summed E-state index contributed by atoms with van der Waals surface area (Å²) in [6.07, 6.45) is -1.06. The van der Waals surface area contributed by atoms with Crippen LogP contribution >= 0.6 is 0 Å². The quantitative estimate of drug-likeness (QED) is 0.760. The SMILES string of the molecule is COCCOC(=O)Nc1cccc(NC(=O)[C@H]2Cc3cc(F)ccc3O2)c1. The van der Waals surface area contributed by atoms with E-state index in [2.05, 4.69) is 10.6 Å². The number of fused-ring (bicyclic) bond motifs is 1. The van der Waals surface area contributed by atoms with E-state index in [1.807, 2.05) is 0 Å². The number of amides is 2. The molecule has 0 fully saturated rings. The van der Waals surface area contributed by atoms with Crippen LogP contribution in [0, 0.1) is 5.82 Å². The maximum Gasteiger partial charge on any atom is 0.411 e. The predicted octanol–water partition coefficient (Wildman–Crippen LogP) is 2.96. The number of hydrogen-bond donors (Lipinski definition) is 2. The third kappa shape index (κ3) is 4.95. The van der Waals surface area contributed by atoms with Crippen molar-refractivity contribution < 1.29 is 28.2 Å². The van der Waals surface area contributed by atoms with Crippen LogP contribution in [0.4, 0.5) is 20.6 Å². The molecule has 2 amide bonds. The van der Waals surface area contributed by atoms with Crippen molar-refractivity contribution in [2.75, 3.05) is 31.0 Å². The molecule has 1 aliphatic rings. The summed E-state index contributed by atoms with van der Waals surface area (Å²) in [7, 11) is 1.51. The van der Waals surface area contributed by atoms with Gasteiger partial charge in [-0.3, -0.25) is 10.1 Å². The highest BCUT2D eigenvalue weighted by molar-refractivity contribution is 5.96. The van der Waals surface area contributed by atoms with Gasteiger partial charge in [-0.2, -0.15) is 0 Å². The van der Waals surface area contributed by atoms with E-state index < -0.39 is 12.2 Å². The second-order valence-electron chi connectivity index (χ2n) is 5.89. The minimum Gasteiger partial charge on any atom is -0.480 e.